The fourth-order valence-electron chi connectivity index (χ4n) is 0. The summed E-state index contributed by atoms with van der Waals surface area (Å²) in [7, 11) is 0. The van der Waals surface area contributed by atoms with Crippen LogP contribution in [0.15, 0.2) is 0 Å². The Labute approximate surface area is 164 Å². The minimum atomic E-state index is -0.646. The zero-order valence-corrected chi connectivity index (χ0v) is 18.3. The quantitative estimate of drug-likeness (QED) is 0.324. The molecule has 0 aliphatic carbocycles. The second kappa shape index (κ2) is 10.5. The fourth-order valence-corrected chi connectivity index (χ4v) is 0. The van der Waals surface area contributed by atoms with Crippen molar-refractivity contribution in [3.05, 3.63) is 22.9 Å². The Morgan fingerprint density at radius 3 is 0.474 bits per heavy atom. The smallest absolute Gasteiger partial charge is 1.00 e. The van der Waals surface area contributed by atoms with Crippen LogP contribution in [0.1, 0.15) is 55.4 Å². The number of rotatable bonds is 2. The maximum absolute atomic E-state index is 7.40. The first kappa shape index (κ1) is 32.7. The average molecular weight is 546 g/mol. The molecule has 125 valence electrons. The Morgan fingerprint density at radius 2 is 0.474 bits per heavy atom. The average Bonchev–Trinajstić information content (AvgIpc) is 1.77. The normalized spacial score (nSPS) is 12.0. The summed E-state index contributed by atoms with van der Waals surface area (Å²) in [6.45, 7) is 14.0. The first-order chi connectivity index (χ1) is 6.50. The van der Waals surface area contributed by atoms with Gasteiger partial charge in [-0.05, 0) is 0 Å². The van der Waals surface area contributed by atoms with Gasteiger partial charge in [0.1, 0.15) is 0 Å². The van der Waals surface area contributed by atoms with Crippen molar-refractivity contribution in [2.75, 3.05) is 0 Å². The predicted molar refractivity (Wildman–Crippen MR) is 73.6 cm³/mol. The van der Waals surface area contributed by atoms with Crippen LogP contribution < -0.4 is 48.0 Å². The number of halogens is 2. The summed E-state index contributed by atoms with van der Waals surface area (Å²) in [4.78, 5) is 0. The van der Waals surface area contributed by atoms with Crippen LogP contribution in [0.3, 0.4) is 0 Å². The van der Waals surface area contributed by atoms with E-state index in [-0.39, 0.29) is 65.0 Å². The summed E-state index contributed by atoms with van der Waals surface area (Å²) >= 11 is 0. The van der Waals surface area contributed by atoms with Crippen molar-refractivity contribution in [1.82, 2.24) is 0 Å². The van der Waals surface area contributed by atoms with E-state index >= 15 is 0 Å². The maximum atomic E-state index is 7.40. The van der Waals surface area contributed by atoms with Gasteiger partial charge in [-0.25, -0.2) is 0 Å². The molecular weight excluding hydrogens is 518 g/mol. The monoisotopic (exact) mass is 545 g/mol. The van der Waals surface area contributed by atoms with Crippen molar-refractivity contribution >= 4 is 0 Å². The summed E-state index contributed by atoms with van der Waals surface area (Å²) in [5.41, 5.74) is 27.0. The topological polar surface area (TPSA) is 95.2 Å². The van der Waals surface area contributed by atoms with Crippen molar-refractivity contribution in [1.29, 1.82) is 0 Å². The van der Waals surface area contributed by atoms with Crippen LogP contribution in [-0.4, -0.2) is 22.2 Å². The zero-order chi connectivity index (χ0) is 14.0. The molecule has 0 aromatic carbocycles. The van der Waals surface area contributed by atoms with Gasteiger partial charge in [0.25, 0.3) is 0 Å². The standard InChI is InChI=1S/2C6H14N2.Cu.2HI/c2*1-5(2,7)6(3,4)8;;;/h2*7-8H,1-4H3;;2*1H/q2*-2;+2;;/p-2. The zero-order valence-electron chi connectivity index (χ0n) is 13.1. The molecule has 0 aromatic rings. The Morgan fingerprint density at radius 1 is 0.421 bits per heavy atom. The molecule has 0 fully saturated rings. The van der Waals surface area contributed by atoms with Crippen LogP contribution in [0.2, 0.25) is 0 Å². The van der Waals surface area contributed by atoms with Gasteiger partial charge in [0.15, 0.2) is 0 Å². The number of hydrogen-bond donors (Lipinski definition) is 0. The van der Waals surface area contributed by atoms with Gasteiger partial charge in [-0.15, -0.1) is 22.2 Å². The minimum Gasteiger partial charge on any atom is -1.00 e. The van der Waals surface area contributed by atoms with Crippen LogP contribution in [0, 0.1) is 0 Å². The third kappa shape index (κ3) is 16.0. The van der Waals surface area contributed by atoms with E-state index in [1.807, 2.05) is 0 Å². The number of nitrogens with one attached hydrogen (secondary N) is 4. The van der Waals surface area contributed by atoms with Gasteiger partial charge in [-0.3, -0.25) is 0 Å². The first-order valence-corrected chi connectivity index (χ1v) is 5.50. The predicted octanol–water partition coefficient (Wildman–Crippen LogP) is -0.698. The van der Waals surface area contributed by atoms with E-state index in [1.165, 1.54) is 0 Å². The van der Waals surface area contributed by atoms with E-state index in [0.717, 1.165) is 0 Å². The van der Waals surface area contributed by atoms with Gasteiger partial charge in [-0.2, -0.15) is 0 Å². The van der Waals surface area contributed by atoms with Crippen molar-refractivity contribution < 1.29 is 65.0 Å². The molecular formula is C12H28CuI2N4-4. The van der Waals surface area contributed by atoms with E-state index in [4.69, 9.17) is 22.9 Å². The first-order valence-electron chi connectivity index (χ1n) is 5.50. The van der Waals surface area contributed by atoms with Gasteiger partial charge in [0.2, 0.25) is 0 Å². The summed E-state index contributed by atoms with van der Waals surface area (Å²) in [6.07, 6.45) is 0. The molecule has 0 spiro atoms. The molecule has 0 heterocycles. The van der Waals surface area contributed by atoms with E-state index in [9.17, 15) is 0 Å². The van der Waals surface area contributed by atoms with Crippen LogP contribution in [0.5, 0.6) is 0 Å². The third-order valence-corrected chi connectivity index (χ3v) is 3.12. The summed E-state index contributed by atoms with van der Waals surface area (Å²) < 4.78 is 0. The van der Waals surface area contributed by atoms with Crippen LogP contribution in [-0.2, 0) is 17.1 Å². The minimum absolute atomic E-state index is 0. The molecule has 4 N–H and O–H groups in total. The molecule has 7 heteroatoms. The van der Waals surface area contributed by atoms with Crippen molar-refractivity contribution in [3.8, 4) is 0 Å². The second-order valence-electron chi connectivity index (χ2n) is 6.50. The Kier molecular flexibility index (Phi) is 18.1. The third-order valence-electron chi connectivity index (χ3n) is 3.12. The molecule has 0 aliphatic rings. The molecule has 0 atom stereocenters. The molecule has 0 rings (SSSR count). The van der Waals surface area contributed by atoms with Crippen molar-refractivity contribution in [2.45, 2.75) is 77.5 Å². The second-order valence-corrected chi connectivity index (χ2v) is 6.50. The molecule has 0 unspecified atom stereocenters. The SMILES string of the molecule is CC(C)([NH-])C(C)(C)[NH-].CC(C)([NH-])C(C)(C)[NH-].[Cu+2].[I-].[I-]. The molecule has 0 aliphatic heterocycles. The van der Waals surface area contributed by atoms with Crippen molar-refractivity contribution in [3.63, 3.8) is 0 Å². The van der Waals surface area contributed by atoms with Crippen LogP contribution in [0.25, 0.3) is 22.9 Å². The summed E-state index contributed by atoms with van der Waals surface area (Å²) in [5, 5.41) is 0. The van der Waals surface area contributed by atoms with Gasteiger partial charge >= 0.3 is 17.1 Å². The van der Waals surface area contributed by atoms with Gasteiger partial charge in [-0.1, -0.05) is 55.4 Å². The fraction of sp³-hybridized carbons (Fsp3) is 1.00. The molecule has 0 amide bonds. The number of hydrogen-bond acceptors (Lipinski definition) is 0. The molecule has 0 saturated carbocycles. The van der Waals surface area contributed by atoms with Gasteiger partial charge in [0, 0.05) is 0 Å². The molecule has 0 saturated heterocycles. The Hall–Kier alpha value is 1.82. The van der Waals surface area contributed by atoms with Crippen LogP contribution >= 0.6 is 0 Å². The Balaban J connectivity index is -0.0000000594. The van der Waals surface area contributed by atoms with E-state index in [0.29, 0.717) is 0 Å². The largest absolute Gasteiger partial charge is 2.00 e. The van der Waals surface area contributed by atoms with Gasteiger partial charge < -0.3 is 70.9 Å². The summed E-state index contributed by atoms with van der Waals surface area (Å²) in [6, 6.07) is 0. The van der Waals surface area contributed by atoms with E-state index in [2.05, 4.69) is 0 Å². The van der Waals surface area contributed by atoms with E-state index < -0.39 is 22.2 Å². The van der Waals surface area contributed by atoms with Gasteiger partial charge in [0.05, 0.1) is 0 Å². The van der Waals surface area contributed by atoms with Crippen LogP contribution in [0.4, 0.5) is 0 Å². The maximum Gasteiger partial charge on any atom is 2.00 e. The molecule has 0 bridgehead atoms. The van der Waals surface area contributed by atoms with Crippen molar-refractivity contribution in [2.24, 2.45) is 0 Å². The van der Waals surface area contributed by atoms with E-state index in [1.54, 1.807) is 55.4 Å². The molecule has 4 nitrogen and oxygen atoms in total. The molecule has 0 aromatic heterocycles. The summed E-state index contributed by atoms with van der Waals surface area (Å²) in [5.74, 6) is 0. The molecule has 1 radical (unpaired) electrons. The Bertz CT molecular complexity index is 162. The molecule has 19 heavy (non-hydrogen) atoms.